The van der Waals surface area contributed by atoms with Crippen molar-refractivity contribution in [2.24, 2.45) is 5.92 Å². The molecule has 1 fully saturated rings. The molecule has 1 unspecified atom stereocenters. The summed E-state index contributed by atoms with van der Waals surface area (Å²) in [5.74, 6) is 0.0496. The number of carboxylic acids is 1. The number of carbonyl (C=O) groups excluding carboxylic acids is 1. The fourth-order valence-corrected chi connectivity index (χ4v) is 2.15. The second kappa shape index (κ2) is 6.47. The molecule has 1 aromatic rings. The van der Waals surface area contributed by atoms with Crippen LogP contribution >= 0.6 is 0 Å². The molecule has 1 aromatic carbocycles. The van der Waals surface area contributed by atoms with E-state index in [1.54, 1.807) is 18.2 Å². The number of carboxylic acid groups (broad SMARTS) is 1. The summed E-state index contributed by atoms with van der Waals surface area (Å²) in [6.45, 7) is 0. The largest absolute Gasteiger partial charge is 0.497 e. The van der Waals surface area contributed by atoms with Gasteiger partial charge in [-0.1, -0.05) is 0 Å². The van der Waals surface area contributed by atoms with Crippen LogP contribution in [0.15, 0.2) is 18.2 Å². The van der Waals surface area contributed by atoms with Gasteiger partial charge < -0.3 is 19.9 Å². The van der Waals surface area contributed by atoms with Crippen molar-refractivity contribution in [3.05, 3.63) is 23.8 Å². The number of benzene rings is 1. The molecule has 1 atom stereocenters. The number of rotatable bonds is 7. The molecule has 21 heavy (non-hydrogen) atoms. The highest BCUT2D eigenvalue weighted by atomic mass is 16.5. The highest BCUT2D eigenvalue weighted by Gasteiger charge is 2.32. The fourth-order valence-electron chi connectivity index (χ4n) is 2.15. The second-order valence-corrected chi connectivity index (χ2v) is 5.04. The molecule has 0 aromatic heterocycles. The van der Waals surface area contributed by atoms with E-state index in [9.17, 15) is 9.59 Å². The van der Waals surface area contributed by atoms with Crippen LogP contribution in [-0.4, -0.2) is 31.2 Å². The summed E-state index contributed by atoms with van der Waals surface area (Å²) in [6, 6.07) is 4.50. The molecule has 1 aliphatic rings. The van der Waals surface area contributed by atoms with Crippen molar-refractivity contribution < 1.29 is 24.2 Å². The summed E-state index contributed by atoms with van der Waals surface area (Å²) in [5.41, 5.74) is 0.634. The zero-order chi connectivity index (χ0) is 15.4. The molecule has 1 aliphatic carbocycles. The van der Waals surface area contributed by atoms with Crippen LogP contribution in [0.2, 0.25) is 0 Å². The van der Waals surface area contributed by atoms with Gasteiger partial charge in [-0.15, -0.1) is 0 Å². The lowest BCUT2D eigenvalue weighted by molar-refractivity contribution is -0.137. The van der Waals surface area contributed by atoms with Crippen LogP contribution in [0.1, 0.15) is 30.9 Å². The van der Waals surface area contributed by atoms with E-state index in [0.717, 1.165) is 12.8 Å². The smallest absolute Gasteiger partial charge is 0.305 e. The molecule has 114 valence electrons. The van der Waals surface area contributed by atoms with E-state index < -0.39 is 12.0 Å². The molecule has 0 bridgehead atoms. The van der Waals surface area contributed by atoms with Crippen LogP contribution in [0.3, 0.4) is 0 Å². The Morgan fingerprint density at radius 2 is 2.05 bits per heavy atom. The Morgan fingerprint density at radius 1 is 1.33 bits per heavy atom. The SMILES string of the molecule is COc1ccc(C(CC(=O)O)NC(=O)C2CC2)c(OC)c1. The van der Waals surface area contributed by atoms with E-state index in [1.165, 1.54) is 14.2 Å². The molecule has 2 rings (SSSR count). The van der Waals surface area contributed by atoms with Crippen molar-refractivity contribution >= 4 is 11.9 Å². The van der Waals surface area contributed by atoms with Gasteiger partial charge in [0.2, 0.25) is 5.91 Å². The highest BCUT2D eigenvalue weighted by molar-refractivity contribution is 5.82. The van der Waals surface area contributed by atoms with Gasteiger partial charge in [0.25, 0.3) is 0 Å². The second-order valence-electron chi connectivity index (χ2n) is 5.04. The fraction of sp³-hybridized carbons (Fsp3) is 0.467. The predicted octanol–water partition coefficient (Wildman–Crippen LogP) is 1.75. The van der Waals surface area contributed by atoms with Crippen LogP contribution in [-0.2, 0) is 9.59 Å². The van der Waals surface area contributed by atoms with Crippen LogP contribution in [0, 0.1) is 5.92 Å². The summed E-state index contributed by atoms with van der Waals surface area (Å²) in [4.78, 5) is 23.0. The normalized spacial score (nSPS) is 15.1. The Bertz CT molecular complexity index is 539. The topological polar surface area (TPSA) is 84.9 Å². The average molecular weight is 293 g/mol. The van der Waals surface area contributed by atoms with Gasteiger partial charge in [0.05, 0.1) is 26.7 Å². The van der Waals surface area contributed by atoms with Gasteiger partial charge in [-0.25, -0.2) is 0 Å². The van der Waals surface area contributed by atoms with E-state index in [0.29, 0.717) is 17.1 Å². The first-order valence-electron chi connectivity index (χ1n) is 6.79. The number of aliphatic carboxylic acids is 1. The van der Waals surface area contributed by atoms with E-state index in [2.05, 4.69) is 5.32 Å². The first kappa shape index (κ1) is 15.2. The summed E-state index contributed by atoms with van der Waals surface area (Å²) >= 11 is 0. The Hall–Kier alpha value is -2.24. The number of amides is 1. The molecular formula is C15H19NO5. The van der Waals surface area contributed by atoms with Crippen molar-refractivity contribution in [2.75, 3.05) is 14.2 Å². The molecule has 6 nitrogen and oxygen atoms in total. The maximum atomic E-state index is 11.9. The van der Waals surface area contributed by atoms with E-state index in [4.69, 9.17) is 14.6 Å². The monoisotopic (exact) mass is 293 g/mol. The number of ether oxygens (including phenoxy) is 2. The first-order chi connectivity index (χ1) is 10.0. The van der Waals surface area contributed by atoms with Gasteiger partial charge in [0, 0.05) is 17.5 Å². The van der Waals surface area contributed by atoms with E-state index in [-0.39, 0.29) is 18.2 Å². The average Bonchev–Trinajstić information content (AvgIpc) is 3.30. The highest BCUT2D eigenvalue weighted by Crippen LogP contribution is 2.34. The zero-order valence-corrected chi connectivity index (χ0v) is 12.1. The summed E-state index contributed by atoms with van der Waals surface area (Å²) in [5, 5.41) is 11.9. The number of carbonyl (C=O) groups is 2. The number of hydrogen-bond acceptors (Lipinski definition) is 4. The lowest BCUT2D eigenvalue weighted by atomic mass is 10.0. The minimum atomic E-state index is -0.978. The standard InChI is InChI=1S/C15H19NO5/c1-20-10-5-6-11(13(7-10)21-2)12(8-14(17)18)16-15(19)9-3-4-9/h5-7,9,12H,3-4,8H2,1-2H3,(H,16,19)(H,17,18). The summed E-state index contributed by atoms with van der Waals surface area (Å²) < 4.78 is 10.4. The van der Waals surface area contributed by atoms with Crippen molar-refractivity contribution in [2.45, 2.75) is 25.3 Å². The van der Waals surface area contributed by atoms with Crippen molar-refractivity contribution in [1.29, 1.82) is 0 Å². The number of hydrogen-bond donors (Lipinski definition) is 2. The number of nitrogens with one attached hydrogen (secondary N) is 1. The van der Waals surface area contributed by atoms with Gasteiger partial charge in [-0.3, -0.25) is 9.59 Å². The predicted molar refractivity (Wildman–Crippen MR) is 75.4 cm³/mol. The molecule has 1 amide bonds. The maximum Gasteiger partial charge on any atom is 0.305 e. The zero-order valence-electron chi connectivity index (χ0n) is 12.1. The molecule has 0 aliphatic heterocycles. The van der Waals surface area contributed by atoms with Crippen LogP contribution in [0.4, 0.5) is 0 Å². The molecular weight excluding hydrogens is 274 g/mol. The molecule has 0 radical (unpaired) electrons. The van der Waals surface area contributed by atoms with Crippen molar-refractivity contribution in [3.63, 3.8) is 0 Å². The maximum absolute atomic E-state index is 11.9. The first-order valence-corrected chi connectivity index (χ1v) is 6.79. The molecule has 0 heterocycles. The van der Waals surface area contributed by atoms with Crippen LogP contribution in [0.5, 0.6) is 11.5 Å². The molecule has 0 spiro atoms. The lowest BCUT2D eigenvalue weighted by Crippen LogP contribution is -2.31. The minimum absolute atomic E-state index is 0.0190. The van der Waals surface area contributed by atoms with E-state index in [1.807, 2.05) is 0 Å². The van der Waals surface area contributed by atoms with E-state index >= 15 is 0 Å². The molecule has 1 saturated carbocycles. The van der Waals surface area contributed by atoms with Crippen molar-refractivity contribution in [1.82, 2.24) is 5.32 Å². The Balaban J connectivity index is 2.25. The van der Waals surface area contributed by atoms with Gasteiger partial charge in [-0.2, -0.15) is 0 Å². The summed E-state index contributed by atoms with van der Waals surface area (Å²) in [7, 11) is 3.04. The van der Waals surface area contributed by atoms with Gasteiger partial charge in [0.15, 0.2) is 0 Å². The third-order valence-corrected chi connectivity index (χ3v) is 3.46. The molecule has 0 saturated heterocycles. The third-order valence-electron chi connectivity index (χ3n) is 3.46. The van der Waals surface area contributed by atoms with Crippen molar-refractivity contribution in [3.8, 4) is 11.5 Å². The third kappa shape index (κ3) is 3.87. The van der Waals surface area contributed by atoms with Crippen LogP contribution in [0.25, 0.3) is 0 Å². The Kier molecular flexibility index (Phi) is 4.67. The van der Waals surface area contributed by atoms with Crippen LogP contribution < -0.4 is 14.8 Å². The number of methoxy groups -OCH3 is 2. The molecule has 2 N–H and O–H groups in total. The summed E-state index contributed by atoms with van der Waals surface area (Å²) in [6.07, 6.45) is 1.54. The Morgan fingerprint density at radius 3 is 2.57 bits per heavy atom. The quantitative estimate of drug-likeness (QED) is 0.800. The lowest BCUT2D eigenvalue weighted by Gasteiger charge is -2.20. The van der Waals surface area contributed by atoms with Gasteiger partial charge in [0.1, 0.15) is 11.5 Å². The Labute approximate surface area is 123 Å². The van der Waals surface area contributed by atoms with Gasteiger partial charge in [-0.05, 0) is 25.0 Å². The van der Waals surface area contributed by atoms with Gasteiger partial charge >= 0.3 is 5.97 Å². The minimum Gasteiger partial charge on any atom is -0.497 e. The molecule has 6 heteroatoms.